The minimum Gasteiger partial charge on any atom is -0.310 e. The summed E-state index contributed by atoms with van der Waals surface area (Å²) in [7, 11) is 0. The molecule has 8 heteroatoms. The molecule has 0 saturated carbocycles. The smallest absolute Gasteiger partial charge is 0.243 e. The second kappa shape index (κ2) is 36.4. The van der Waals surface area contributed by atoms with E-state index in [-0.39, 0.29) is 13.4 Å². The van der Waals surface area contributed by atoms with E-state index in [9.17, 15) is 0 Å². The number of hydrogen-bond donors (Lipinski definition) is 0. The van der Waals surface area contributed by atoms with Gasteiger partial charge in [-0.2, -0.15) is 0 Å². The number of rotatable bonds is 20. The lowest BCUT2D eigenvalue weighted by Gasteiger charge is -2.28. The first-order valence-corrected chi connectivity index (χ1v) is 46.4. The van der Waals surface area contributed by atoms with Crippen LogP contribution in [0.2, 0.25) is 0 Å². The number of para-hydroxylation sites is 8. The minimum atomic E-state index is 0.0902. The fourth-order valence-electron chi connectivity index (χ4n) is 22.0. The summed E-state index contributed by atoms with van der Waals surface area (Å²) >= 11 is 0. The van der Waals surface area contributed by atoms with Crippen LogP contribution in [0, 0.1) is 111 Å². The number of benzene rings is 18. The van der Waals surface area contributed by atoms with E-state index in [1.165, 1.54) is 143 Å². The lowest BCUT2D eigenvalue weighted by Crippen LogP contribution is -2.57. The quantitative estimate of drug-likeness (QED) is 0.0710. The van der Waals surface area contributed by atoms with Crippen LogP contribution in [0.1, 0.15) is 89.0 Å². The van der Waals surface area contributed by atoms with Gasteiger partial charge in [0.15, 0.2) is 0 Å². The van der Waals surface area contributed by atoms with Gasteiger partial charge in [0, 0.05) is 101 Å². The van der Waals surface area contributed by atoms with Crippen molar-refractivity contribution in [2.75, 3.05) is 19.6 Å². The molecule has 0 N–H and O–H groups in total. The maximum Gasteiger partial charge on any atom is 0.243 e. The first kappa shape index (κ1) is 86.3. The molecular formula is C124H112B2N6. The Morgan fingerprint density at radius 2 is 0.295 bits per heavy atom. The van der Waals surface area contributed by atoms with Gasteiger partial charge in [-0.1, -0.05) is 316 Å². The Bertz CT molecular complexity index is 6550. The molecule has 0 unspecified atom stereocenters. The number of hydrogen-bond acceptors (Lipinski definition) is 4. The van der Waals surface area contributed by atoms with Gasteiger partial charge < -0.3 is 28.7 Å². The average molecular weight is 1710 g/mol. The van der Waals surface area contributed by atoms with Gasteiger partial charge in [0.25, 0.3) is 0 Å². The standard InChI is InChI=1S/2C62H56BN3/c2*1-41-33-43(3)60(44(4)34-41)63(61-45(5)35-42(2)36-46(61)6)62-47(7)37-55(38-48(62)8)66-58-31-29-53(64(49-21-13-9-14-22-49)50-23-15-10-16-24-50)39-56(58)57-40-54(30-32-59(57)66)65(51-25-17-11-18-26-51)52-27-19-12-20-28-52/h2*9-40H,1-8H3. The van der Waals surface area contributed by atoms with E-state index in [0.717, 1.165) is 102 Å². The summed E-state index contributed by atoms with van der Waals surface area (Å²) in [5.74, 6) is 0. The summed E-state index contributed by atoms with van der Waals surface area (Å²) in [6.45, 7) is 36.8. The van der Waals surface area contributed by atoms with E-state index < -0.39 is 0 Å². The van der Waals surface area contributed by atoms with Gasteiger partial charge in [0.05, 0.1) is 22.1 Å². The van der Waals surface area contributed by atoms with Crippen molar-refractivity contribution in [3.8, 4) is 11.4 Å². The van der Waals surface area contributed by atoms with Gasteiger partial charge >= 0.3 is 0 Å². The van der Waals surface area contributed by atoms with Crippen LogP contribution in [0.4, 0.5) is 68.2 Å². The molecule has 0 amide bonds. The summed E-state index contributed by atoms with van der Waals surface area (Å²) in [6.07, 6.45) is 0. The molecule has 20 rings (SSSR count). The largest absolute Gasteiger partial charge is 0.310 e. The average Bonchev–Trinajstić information content (AvgIpc) is 1.62. The second-order valence-corrected chi connectivity index (χ2v) is 36.6. The third-order valence-corrected chi connectivity index (χ3v) is 27.0. The molecule has 644 valence electrons. The molecule has 0 aliphatic carbocycles. The molecule has 132 heavy (non-hydrogen) atoms. The normalized spacial score (nSPS) is 11.3. The highest BCUT2D eigenvalue weighted by atomic mass is 15.2. The molecule has 0 aliphatic rings. The van der Waals surface area contributed by atoms with Gasteiger partial charge in [-0.15, -0.1) is 0 Å². The maximum atomic E-state index is 2.49. The van der Waals surface area contributed by atoms with Crippen LogP contribution in [0.3, 0.4) is 0 Å². The first-order chi connectivity index (χ1) is 64.1. The molecule has 2 heterocycles. The van der Waals surface area contributed by atoms with Crippen LogP contribution >= 0.6 is 0 Å². The SMILES string of the molecule is Cc1cc(C)c(B(c2c(C)cc(C)cc2C)c2c(C)cc(-n3c4ccc(N(c5ccccc5)c5ccccc5)cc4c4cc(N(c5ccccc5)c5ccccc5)ccc43)cc2C)c(C)c1.Cc1cc(C)c(B(c2c(C)cc(C)cc2C)c2c(C)cc(-n3c4ccc(N(c5ccccc5)c5ccccc5)cc4c4cc(N(c5ccccc5)c5ccccc5)ccc43)cc2C)c(C)c1. The van der Waals surface area contributed by atoms with E-state index in [4.69, 9.17) is 0 Å². The summed E-state index contributed by atoms with van der Waals surface area (Å²) < 4.78 is 4.99. The topological polar surface area (TPSA) is 22.8 Å². The Balaban J connectivity index is 0.000000170. The van der Waals surface area contributed by atoms with E-state index in [2.05, 4.69) is 528 Å². The van der Waals surface area contributed by atoms with Crippen molar-refractivity contribution < 1.29 is 0 Å². The molecule has 0 bridgehead atoms. The van der Waals surface area contributed by atoms with Crippen LogP contribution in [0.5, 0.6) is 0 Å². The summed E-state index contributed by atoms with van der Waals surface area (Å²) in [6, 6.07) is 142. The van der Waals surface area contributed by atoms with E-state index >= 15 is 0 Å². The highest BCUT2D eigenvalue weighted by molar-refractivity contribution is 6.97. The van der Waals surface area contributed by atoms with Crippen LogP contribution in [0.15, 0.2) is 388 Å². The number of anilines is 12. The van der Waals surface area contributed by atoms with Crippen molar-refractivity contribution in [3.05, 3.63) is 477 Å². The number of fused-ring (bicyclic) bond motifs is 6. The highest BCUT2D eigenvalue weighted by Crippen LogP contribution is 2.47. The summed E-state index contributed by atoms with van der Waals surface area (Å²) in [5, 5.41) is 4.76. The maximum absolute atomic E-state index is 2.49. The predicted molar refractivity (Wildman–Crippen MR) is 571 cm³/mol. The fraction of sp³-hybridized carbons (Fsp3) is 0.129. The van der Waals surface area contributed by atoms with Crippen molar-refractivity contribution in [2.45, 2.75) is 111 Å². The lowest BCUT2D eigenvalue weighted by molar-refractivity contribution is 1.16. The lowest BCUT2D eigenvalue weighted by atomic mass is 9.33. The van der Waals surface area contributed by atoms with Gasteiger partial charge in [-0.25, -0.2) is 0 Å². The molecule has 0 aliphatic heterocycles. The first-order valence-electron chi connectivity index (χ1n) is 46.4. The molecule has 0 saturated heterocycles. The zero-order chi connectivity index (χ0) is 91.3. The van der Waals surface area contributed by atoms with Crippen LogP contribution in [0.25, 0.3) is 55.0 Å². The zero-order valence-electron chi connectivity index (χ0n) is 78.8. The zero-order valence-corrected chi connectivity index (χ0v) is 78.8. The van der Waals surface area contributed by atoms with Crippen molar-refractivity contribution in [1.29, 1.82) is 0 Å². The van der Waals surface area contributed by atoms with Crippen molar-refractivity contribution in [1.82, 2.24) is 9.13 Å². The Hall–Kier alpha value is -15.1. The van der Waals surface area contributed by atoms with Crippen molar-refractivity contribution in [2.24, 2.45) is 0 Å². The number of aryl methyl sites for hydroxylation is 16. The minimum absolute atomic E-state index is 0.0902. The van der Waals surface area contributed by atoms with Gasteiger partial charge in [-0.3, -0.25) is 0 Å². The molecule has 18 aromatic carbocycles. The second-order valence-electron chi connectivity index (χ2n) is 36.6. The third kappa shape index (κ3) is 16.5. The Labute approximate surface area is 780 Å². The van der Waals surface area contributed by atoms with Crippen molar-refractivity contribution in [3.63, 3.8) is 0 Å². The van der Waals surface area contributed by atoms with Crippen molar-refractivity contribution >= 4 is 158 Å². The number of aromatic nitrogens is 2. The Kier molecular flexibility index (Phi) is 23.8. The molecule has 0 radical (unpaired) electrons. The Morgan fingerprint density at radius 1 is 0.152 bits per heavy atom. The van der Waals surface area contributed by atoms with Gasteiger partial charge in [-0.05, 0) is 305 Å². The van der Waals surface area contributed by atoms with Gasteiger partial charge in [0.2, 0.25) is 13.4 Å². The van der Waals surface area contributed by atoms with E-state index in [0.29, 0.717) is 0 Å². The van der Waals surface area contributed by atoms with Crippen LogP contribution in [-0.4, -0.2) is 22.6 Å². The molecular weight excluding hydrogens is 1600 g/mol. The fourth-order valence-corrected chi connectivity index (χ4v) is 22.0. The van der Waals surface area contributed by atoms with E-state index in [1.54, 1.807) is 0 Å². The van der Waals surface area contributed by atoms with Gasteiger partial charge in [0.1, 0.15) is 0 Å². The molecule has 20 aromatic rings. The van der Waals surface area contributed by atoms with E-state index in [1.807, 2.05) is 0 Å². The Morgan fingerprint density at radius 3 is 0.447 bits per heavy atom. The van der Waals surface area contributed by atoms with Crippen LogP contribution < -0.4 is 52.4 Å². The predicted octanol–water partition coefficient (Wildman–Crippen LogP) is 29.4. The summed E-state index contributed by atoms with van der Waals surface area (Å²) in [5.41, 5.74) is 49.8. The summed E-state index contributed by atoms with van der Waals surface area (Å²) in [4.78, 5) is 9.44. The number of nitrogens with zero attached hydrogens (tertiary/aromatic N) is 6. The monoisotopic (exact) mass is 1710 g/mol. The van der Waals surface area contributed by atoms with Crippen LogP contribution in [-0.2, 0) is 0 Å². The molecule has 6 nitrogen and oxygen atoms in total. The molecule has 0 fully saturated rings. The molecule has 0 spiro atoms. The third-order valence-electron chi connectivity index (χ3n) is 27.0. The molecule has 2 aromatic heterocycles. The highest BCUT2D eigenvalue weighted by Gasteiger charge is 2.35. The molecule has 0 atom stereocenters.